The van der Waals surface area contributed by atoms with Crippen LogP contribution in [0.3, 0.4) is 0 Å². The Morgan fingerprint density at radius 2 is 1.84 bits per heavy atom. The fourth-order valence-electron chi connectivity index (χ4n) is 5.17. The topological polar surface area (TPSA) is 54.5 Å². The number of rotatable bonds is 6. The van der Waals surface area contributed by atoms with Crippen molar-refractivity contribution in [3.63, 3.8) is 0 Å². The molecule has 1 N–H and O–H groups in total. The van der Waals surface area contributed by atoms with Gasteiger partial charge in [0.15, 0.2) is 0 Å². The minimum Gasteiger partial charge on any atom is -0.487 e. The normalized spacial score (nSPS) is 23.2. The first-order valence-corrected chi connectivity index (χ1v) is 11.4. The number of hydrogen-bond acceptors (Lipinski definition) is 4. The van der Waals surface area contributed by atoms with E-state index in [4.69, 9.17) is 4.74 Å². The zero-order valence-electron chi connectivity index (χ0n) is 18.2. The molecule has 2 aromatic carbocycles. The molecular formula is C27H29N3O2. The summed E-state index contributed by atoms with van der Waals surface area (Å²) in [4.78, 5) is 19.1. The third-order valence-electron chi connectivity index (χ3n) is 6.67. The highest BCUT2D eigenvalue weighted by atomic mass is 16.5. The van der Waals surface area contributed by atoms with Crippen LogP contribution < -0.4 is 10.1 Å². The van der Waals surface area contributed by atoms with Gasteiger partial charge in [-0.15, -0.1) is 0 Å². The Balaban J connectivity index is 1.26. The van der Waals surface area contributed by atoms with Crippen LogP contribution in [0.5, 0.6) is 5.75 Å². The summed E-state index contributed by atoms with van der Waals surface area (Å²) < 4.78 is 5.87. The molecule has 1 spiro atoms. The van der Waals surface area contributed by atoms with E-state index in [0.29, 0.717) is 18.9 Å². The molecule has 2 aliphatic heterocycles. The number of carbonyl (C=O) groups excluding carboxylic acids is 1. The third-order valence-corrected chi connectivity index (χ3v) is 6.67. The molecule has 32 heavy (non-hydrogen) atoms. The maximum absolute atomic E-state index is 12.3. The maximum Gasteiger partial charge on any atom is 0.220 e. The average molecular weight is 428 g/mol. The first-order valence-electron chi connectivity index (χ1n) is 11.4. The number of benzene rings is 2. The molecule has 5 nitrogen and oxygen atoms in total. The van der Waals surface area contributed by atoms with Gasteiger partial charge in [-0.25, -0.2) is 0 Å². The fraction of sp³-hybridized carbons (Fsp3) is 0.333. The van der Waals surface area contributed by atoms with Gasteiger partial charge < -0.3 is 10.1 Å². The van der Waals surface area contributed by atoms with Gasteiger partial charge in [-0.1, -0.05) is 48.5 Å². The summed E-state index contributed by atoms with van der Waals surface area (Å²) in [6.07, 6.45) is 4.42. The number of hydrogen-bond donors (Lipinski definition) is 1. The summed E-state index contributed by atoms with van der Waals surface area (Å²) in [5.41, 5.74) is 3.32. The quantitative estimate of drug-likeness (QED) is 0.637. The van der Waals surface area contributed by atoms with Crippen molar-refractivity contribution in [3.8, 4) is 5.75 Å². The van der Waals surface area contributed by atoms with Gasteiger partial charge in [0.05, 0.1) is 11.2 Å². The smallest absolute Gasteiger partial charge is 0.220 e. The summed E-state index contributed by atoms with van der Waals surface area (Å²) in [6.45, 7) is 3.16. The summed E-state index contributed by atoms with van der Waals surface area (Å²) in [5, 5.41) is 3.39. The summed E-state index contributed by atoms with van der Waals surface area (Å²) >= 11 is 0. The molecule has 2 aliphatic rings. The van der Waals surface area contributed by atoms with E-state index in [9.17, 15) is 4.79 Å². The van der Waals surface area contributed by atoms with Crippen LogP contribution >= 0.6 is 0 Å². The number of piperidine rings is 1. The van der Waals surface area contributed by atoms with Crippen molar-refractivity contribution in [2.75, 3.05) is 13.1 Å². The third kappa shape index (κ3) is 4.53. The van der Waals surface area contributed by atoms with Crippen molar-refractivity contribution in [1.82, 2.24) is 15.2 Å². The lowest BCUT2D eigenvalue weighted by molar-refractivity contribution is -0.125. The van der Waals surface area contributed by atoms with E-state index < -0.39 is 0 Å². The van der Waals surface area contributed by atoms with Crippen molar-refractivity contribution in [1.29, 1.82) is 0 Å². The number of nitrogens with one attached hydrogen (secondary N) is 1. The molecule has 2 fully saturated rings. The highest BCUT2D eigenvalue weighted by Crippen LogP contribution is 2.41. The monoisotopic (exact) mass is 427 g/mol. The first-order chi connectivity index (χ1) is 15.7. The minimum absolute atomic E-state index is 0.164. The molecule has 0 aliphatic carbocycles. The molecule has 5 heteroatoms. The van der Waals surface area contributed by atoms with Crippen LogP contribution in [0, 0.1) is 0 Å². The molecule has 1 amide bonds. The molecule has 0 bridgehead atoms. The number of pyridine rings is 1. The minimum atomic E-state index is -0.164. The van der Waals surface area contributed by atoms with Gasteiger partial charge >= 0.3 is 0 Å². The van der Waals surface area contributed by atoms with Crippen LogP contribution in [-0.4, -0.2) is 34.4 Å². The standard InChI is InChI=1S/C27H29N3O2/c31-26-10-6-15-27(29-26)20-30(18-25(27)22-7-2-1-3-8-22)17-21-11-13-24(14-12-21)32-19-23-9-4-5-16-28-23/h1-5,7-9,11-14,16,25H,6,10,15,17-20H2,(H,29,31)/t25-,27+/m0/s1. The predicted molar refractivity (Wildman–Crippen MR) is 124 cm³/mol. The molecule has 2 atom stereocenters. The van der Waals surface area contributed by atoms with Crippen LogP contribution in [0.1, 0.15) is 42.0 Å². The Labute approximate surface area is 189 Å². The highest BCUT2D eigenvalue weighted by molar-refractivity contribution is 5.78. The van der Waals surface area contributed by atoms with Crippen LogP contribution in [-0.2, 0) is 17.9 Å². The van der Waals surface area contributed by atoms with Gasteiger partial charge in [0, 0.05) is 38.2 Å². The number of likely N-dealkylation sites (tertiary alicyclic amines) is 1. The lowest BCUT2D eigenvalue weighted by atomic mass is 9.76. The predicted octanol–water partition coefficient (Wildman–Crippen LogP) is 4.30. The molecule has 5 rings (SSSR count). The lowest BCUT2D eigenvalue weighted by Gasteiger charge is -2.39. The SMILES string of the molecule is O=C1CCC[C@]2(CN(Cc3ccc(OCc4ccccn4)cc3)C[C@H]2c2ccccc2)N1. The van der Waals surface area contributed by atoms with Gasteiger partial charge in [0.2, 0.25) is 5.91 Å². The number of nitrogens with zero attached hydrogens (tertiary/aromatic N) is 2. The Hall–Kier alpha value is -3.18. The van der Waals surface area contributed by atoms with Gasteiger partial charge in [-0.2, -0.15) is 0 Å². The van der Waals surface area contributed by atoms with Crippen molar-refractivity contribution >= 4 is 5.91 Å². The Morgan fingerprint density at radius 1 is 1.03 bits per heavy atom. The number of amides is 1. The average Bonchev–Trinajstić information content (AvgIpc) is 3.16. The van der Waals surface area contributed by atoms with E-state index in [2.05, 4.69) is 57.7 Å². The largest absolute Gasteiger partial charge is 0.487 e. The zero-order valence-corrected chi connectivity index (χ0v) is 18.2. The van der Waals surface area contributed by atoms with E-state index in [1.54, 1.807) is 6.20 Å². The summed E-state index contributed by atoms with van der Waals surface area (Å²) in [6, 6.07) is 24.8. The van der Waals surface area contributed by atoms with E-state index in [-0.39, 0.29) is 11.4 Å². The second-order valence-electron chi connectivity index (χ2n) is 8.94. The van der Waals surface area contributed by atoms with Crippen molar-refractivity contribution in [2.45, 2.75) is 43.9 Å². The molecule has 1 aromatic heterocycles. The van der Waals surface area contributed by atoms with Gasteiger partial charge in [0.25, 0.3) is 0 Å². The van der Waals surface area contributed by atoms with Gasteiger partial charge in [-0.05, 0) is 48.2 Å². The fourth-order valence-corrected chi connectivity index (χ4v) is 5.17. The van der Waals surface area contributed by atoms with Crippen LogP contribution in [0.15, 0.2) is 79.0 Å². The number of carbonyl (C=O) groups is 1. The van der Waals surface area contributed by atoms with Crippen molar-refractivity contribution in [3.05, 3.63) is 95.8 Å². The zero-order chi connectivity index (χ0) is 21.8. The Morgan fingerprint density at radius 3 is 2.59 bits per heavy atom. The molecule has 0 unspecified atom stereocenters. The molecule has 164 valence electrons. The van der Waals surface area contributed by atoms with E-state index in [1.807, 2.05) is 30.3 Å². The maximum atomic E-state index is 12.3. The molecule has 2 saturated heterocycles. The highest BCUT2D eigenvalue weighted by Gasteiger charge is 2.49. The Kier molecular flexibility index (Phi) is 5.91. The molecule has 0 radical (unpaired) electrons. The van der Waals surface area contributed by atoms with Crippen molar-refractivity contribution in [2.24, 2.45) is 0 Å². The molecule has 3 aromatic rings. The van der Waals surface area contributed by atoms with E-state index >= 15 is 0 Å². The second-order valence-corrected chi connectivity index (χ2v) is 8.94. The van der Waals surface area contributed by atoms with Gasteiger partial charge in [-0.3, -0.25) is 14.7 Å². The number of ether oxygens (including phenoxy) is 1. The van der Waals surface area contributed by atoms with Gasteiger partial charge in [0.1, 0.15) is 12.4 Å². The second kappa shape index (κ2) is 9.13. The van der Waals surface area contributed by atoms with Crippen molar-refractivity contribution < 1.29 is 9.53 Å². The van der Waals surface area contributed by atoms with Crippen LogP contribution in [0.25, 0.3) is 0 Å². The Bertz CT molecular complexity index is 1040. The van der Waals surface area contributed by atoms with Crippen LogP contribution in [0.4, 0.5) is 0 Å². The molecule has 3 heterocycles. The first kappa shape index (κ1) is 20.7. The van der Waals surface area contributed by atoms with Crippen LogP contribution in [0.2, 0.25) is 0 Å². The van der Waals surface area contributed by atoms with E-state index in [0.717, 1.165) is 43.9 Å². The molecular weight excluding hydrogens is 398 g/mol. The molecule has 0 saturated carbocycles. The van der Waals surface area contributed by atoms with E-state index in [1.165, 1.54) is 11.1 Å². The lowest BCUT2D eigenvalue weighted by Crippen LogP contribution is -2.56. The summed E-state index contributed by atoms with van der Waals surface area (Å²) in [5.74, 6) is 1.35. The number of aromatic nitrogens is 1. The summed E-state index contributed by atoms with van der Waals surface area (Å²) in [7, 11) is 0.